The fourth-order valence-corrected chi connectivity index (χ4v) is 6.76. The van der Waals surface area contributed by atoms with Crippen molar-refractivity contribution in [3.63, 3.8) is 0 Å². The molecule has 0 unspecified atom stereocenters. The Balaban J connectivity index is 0.959. The molecule has 0 aliphatic carbocycles. The van der Waals surface area contributed by atoms with Gasteiger partial charge >= 0.3 is 13.6 Å². The predicted octanol–water partition coefficient (Wildman–Crippen LogP) is 0.896. The van der Waals surface area contributed by atoms with Crippen molar-refractivity contribution in [1.82, 2.24) is 0 Å². The third-order valence-corrected chi connectivity index (χ3v) is 10.9. The van der Waals surface area contributed by atoms with Gasteiger partial charge in [0.2, 0.25) is 47.0 Å². The first-order valence-electron chi connectivity index (χ1n) is 24.6. The minimum Gasteiger partial charge on any atom is -0.462 e. The van der Waals surface area contributed by atoms with Crippen LogP contribution in [0.4, 0.5) is 27.6 Å². The van der Waals surface area contributed by atoms with E-state index in [0.29, 0.717) is 125 Å². The number of benzene rings is 2. The van der Waals surface area contributed by atoms with Gasteiger partial charge in [-0.1, -0.05) is 0 Å². The summed E-state index contributed by atoms with van der Waals surface area (Å²) in [5.41, 5.74) is 0.414. The molecule has 448 valence electrons. The third kappa shape index (κ3) is 30.2. The van der Waals surface area contributed by atoms with Crippen LogP contribution in [-0.2, 0) is 80.5 Å². The highest BCUT2D eigenvalue weighted by Crippen LogP contribution is 2.37. The first kappa shape index (κ1) is 68.6. The molecule has 1 fully saturated rings. The summed E-state index contributed by atoms with van der Waals surface area (Å²) < 4.78 is 163. The van der Waals surface area contributed by atoms with E-state index in [1.165, 1.54) is 24.3 Å². The fourth-order valence-electron chi connectivity index (χ4n) is 6.17. The molecule has 2 aromatic carbocycles. The van der Waals surface area contributed by atoms with Crippen molar-refractivity contribution in [2.24, 2.45) is 0 Å². The van der Waals surface area contributed by atoms with Gasteiger partial charge in [0.15, 0.2) is 0 Å². The van der Waals surface area contributed by atoms with Gasteiger partial charge in [-0.05, 0) is 30.7 Å². The van der Waals surface area contributed by atoms with Crippen molar-refractivity contribution in [3.05, 3.63) is 53.4 Å². The highest BCUT2D eigenvalue weighted by molar-refractivity contribution is 7.51. The second-order valence-electron chi connectivity index (χ2n) is 16.1. The number of carbonyl (C=O) groups excluding carboxylic acids is 2. The largest absolute Gasteiger partial charge is 0.462 e. The molecule has 5 atom stereocenters. The van der Waals surface area contributed by atoms with Crippen LogP contribution in [0.1, 0.15) is 6.42 Å². The van der Waals surface area contributed by atoms with Crippen LogP contribution in [-0.4, -0.2) is 246 Å². The maximum absolute atomic E-state index is 13.6. The van der Waals surface area contributed by atoms with Gasteiger partial charge in [0.05, 0.1) is 171 Å². The van der Waals surface area contributed by atoms with E-state index in [1.807, 2.05) is 0 Å². The molecule has 1 heterocycles. The molecule has 0 bridgehead atoms. The van der Waals surface area contributed by atoms with E-state index in [0.717, 1.165) is 0 Å². The Labute approximate surface area is 446 Å². The monoisotopic (exact) mass is 1160 g/mol. The molecule has 0 spiro atoms. The smallest absolute Gasteiger partial charge is 0.337 e. The molecule has 1 saturated heterocycles. The lowest BCUT2D eigenvalue weighted by Crippen LogP contribution is -2.59. The molecule has 0 radical (unpaired) electrons. The Bertz CT molecular complexity index is 1960. The summed E-state index contributed by atoms with van der Waals surface area (Å²) in [6, 6.07) is 5.96. The summed E-state index contributed by atoms with van der Waals surface area (Å²) in [4.78, 5) is 42.1. The number of ether oxygens (including phenoxy) is 16. The molecule has 3 rings (SSSR count). The second kappa shape index (κ2) is 41.3. The number of hydrogen-bond donors (Lipinski definition) is 6. The summed E-state index contributed by atoms with van der Waals surface area (Å²) in [7, 11) is -4.39. The van der Waals surface area contributed by atoms with Gasteiger partial charge in [-0.3, -0.25) is 9.36 Å². The minimum absolute atomic E-state index is 0.0222. The number of esters is 1. The maximum atomic E-state index is 13.6. The van der Waals surface area contributed by atoms with Crippen LogP contribution in [0.2, 0.25) is 0 Å². The molecule has 6 N–H and O–H groups in total. The molecule has 0 saturated carbocycles. The normalized spacial score (nSPS) is 17.6. The number of nitrogens with one attached hydrogen (secondary N) is 1. The Morgan fingerprint density at radius 2 is 0.808 bits per heavy atom. The zero-order valence-electron chi connectivity index (χ0n) is 42.8. The summed E-state index contributed by atoms with van der Waals surface area (Å²) >= 11 is 0. The van der Waals surface area contributed by atoms with Crippen LogP contribution in [0.25, 0.3) is 0 Å². The highest BCUT2D eigenvalue weighted by atomic mass is 31.2. The number of amides is 1. The number of rotatable bonds is 47. The van der Waals surface area contributed by atoms with Crippen molar-refractivity contribution in [2.75, 3.05) is 183 Å². The first-order valence-corrected chi connectivity index (χ1v) is 26.4. The van der Waals surface area contributed by atoms with E-state index in [4.69, 9.17) is 80.8 Å². The Morgan fingerprint density at radius 3 is 1.17 bits per heavy atom. The van der Waals surface area contributed by atoms with Crippen LogP contribution < -0.4 is 14.8 Å². The average Bonchev–Trinajstić information content (AvgIpc) is 3.42. The molecule has 25 nitrogen and oxygen atoms in total. The minimum atomic E-state index is -4.39. The molecular formula is C47H71F5NO24P. The number of carbonyl (C=O) groups is 2. The Kier molecular flexibility index (Phi) is 36.3. The quantitative estimate of drug-likeness (QED) is 0.0102. The second-order valence-corrected chi connectivity index (χ2v) is 17.9. The van der Waals surface area contributed by atoms with Gasteiger partial charge in [-0.15, -0.1) is 0 Å². The molecule has 1 amide bonds. The number of aliphatic hydroxyl groups excluding tert-OH is 3. The lowest BCUT2D eigenvalue weighted by molar-refractivity contribution is -0.272. The Morgan fingerprint density at radius 1 is 0.474 bits per heavy atom. The zero-order chi connectivity index (χ0) is 56.8. The molecule has 31 heteroatoms. The Hall–Kier alpha value is -3.70. The molecule has 1 aliphatic heterocycles. The van der Waals surface area contributed by atoms with E-state index in [1.54, 1.807) is 0 Å². The fraction of sp³-hybridized carbons (Fsp3) is 0.702. The first-order chi connectivity index (χ1) is 37.6. The standard InChI is InChI=1S/C47H71F5NO24P/c48-38-39(49)41(51)46(42(52)40(38)50)77-37(55)32-74-29-27-72-25-23-70-21-19-68-17-15-66-13-11-64-9-7-62-6-8-63-10-12-65-14-16-67-18-20-69-22-24-71-26-28-73-31-36(54)53-33-1-3-34(4-2-33)75-47-45(58)44(57)43(56)35(76-47)5-30-78(59,60)61/h1-4,35,43-45,47,56-58H,5-32H2,(H,53,54)(H2,59,60,61)/t35-,43-,44+,45+,47+/m1/s1. The lowest BCUT2D eigenvalue weighted by atomic mass is 9.97. The van der Waals surface area contributed by atoms with Gasteiger partial charge in [0.25, 0.3) is 0 Å². The predicted molar refractivity (Wildman–Crippen MR) is 256 cm³/mol. The van der Waals surface area contributed by atoms with Crippen molar-refractivity contribution in [2.45, 2.75) is 37.1 Å². The SMILES string of the molecule is O=C(COCCOCCOCCOCCOCCOCCOCCOCCOCCOCCOCCOCCOCC(=O)Oc1c(F)c(F)c(F)c(F)c1F)Nc1ccc(O[C@H]2O[C@H](CCP(=O)(O)O)[C@@H](O)[C@H](O)[C@@H]2O)cc1. The molecule has 78 heavy (non-hydrogen) atoms. The van der Waals surface area contributed by atoms with E-state index < -0.39 is 97.8 Å². The van der Waals surface area contributed by atoms with Gasteiger partial charge in [-0.25, -0.2) is 18.0 Å². The van der Waals surface area contributed by atoms with E-state index >= 15 is 0 Å². The van der Waals surface area contributed by atoms with Crippen LogP contribution >= 0.6 is 7.60 Å². The van der Waals surface area contributed by atoms with Crippen molar-refractivity contribution in [3.8, 4) is 11.5 Å². The zero-order valence-corrected chi connectivity index (χ0v) is 43.7. The third-order valence-electron chi connectivity index (χ3n) is 10.1. The van der Waals surface area contributed by atoms with Crippen LogP contribution in [0.5, 0.6) is 11.5 Å². The molecule has 2 aromatic rings. The van der Waals surface area contributed by atoms with Gasteiger partial charge in [0, 0.05) is 5.69 Å². The van der Waals surface area contributed by atoms with Gasteiger partial charge in [-0.2, -0.15) is 8.78 Å². The number of aliphatic hydroxyl groups is 3. The summed E-state index contributed by atoms with van der Waals surface area (Å²) in [5, 5.41) is 33.2. The van der Waals surface area contributed by atoms with E-state index in [-0.39, 0.29) is 58.4 Å². The lowest BCUT2D eigenvalue weighted by Gasteiger charge is -2.40. The summed E-state index contributed by atoms with van der Waals surface area (Å²) in [5.74, 6) is -14.7. The van der Waals surface area contributed by atoms with Crippen LogP contribution in [0.3, 0.4) is 0 Å². The number of anilines is 1. The van der Waals surface area contributed by atoms with E-state index in [9.17, 15) is 51.4 Å². The average molecular weight is 1160 g/mol. The topological polar surface area (TPSA) is 312 Å². The van der Waals surface area contributed by atoms with Crippen LogP contribution in [0.15, 0.2) is 24.3 Å². The van der Waals surface area contributed by atoms with Crippen molar-refractivity contribution >= 4 is 25.2 Å². The van der Waals surface area contributed by atoms with Crippen molar-refractivity contribution < 1.29 is 137 Å². The molecule has 0 aromatic heterocycles. The van der Waals surface area contributed by atoms with Crippen LogP contribution in [0, 0.1) is 29.1 Å². The number of halogens is 5. The summed E-state index contributed by atoms with van der Waals surface area (Å²) in [6.07, 6.45) is -8.40. The van der Waals surface area contributed by atoms with E-state index in [2.05, 4.69) is 10.1 Å². The van der Waals surface area contributed by atoms with Gasteiger partial charge in [0.1, 0.15) is 37.3 Å². The molecule has 1 aliphatic rings. The van der Waals surface area contributed by atoms with Crippen molar-refractivity contribution in [1.29, 1.82) is 0 Å². The van der Waals surface area contributed by atoms with Gasteiger partial charge < -0.3 is 106 Å². The molecular weight excluding hydrogens is 1090 g/mol. The maximum Gasteiger partial charge on any atom is 0.337 e. The number of hydrogen-bond acceptors (Lipinski definition) is 22. The summed E-state index contributed by atoms with van der Waals surface area (Å²) in [6.45, 7) is 6.44. The highest BCUT2D eigenvalue weighted by Gasteiger charge is 2.45.